The highest BCUT2D eigenvalue weighted by Gasteiger charge is 2.19. The number of carbonyl (C=O) groups is 2. The molecule has 0 saturated heterocycles. The van der Waals surface area contributed by atoms with Crippen molar-refractivity contribution in [2.45, 2.75) is 20.8 Å². The van der Waals surface area contributed by atoms with E-state index in [2.05, 4.69) is 5.32 Å². The molecular formula is C20H22N2O4. The molecule has 0 fully saturated rings. The molecule has 6 nitrogen and oxygen atoms in total. The van der Waals surface area contributed by atoms with Crippen LogP contribution in [0.4, 0.5) is 11.4 Å². The molecule has 1 aliphatic heterocycles. The second-order valence-electron chi connectivity index (χ2n) is 6.28. The molecule has 6 heteroatoms. The topological polar surface area (TPSA) is 67.9 Å². The summed E-state index contributed by atoms with van der Waals surface area (Å²) in [4.78, 5) is 25.9. The number of fused-ring (bicyclic) bond motifs is 1. The van der Waals surface area contributed by atoms with E-state index in [0.717, 1.165) is 11.1 Å². The zero-order valence-electron chi connectivity index (χ0n) is 15.2. The maximum atomic E-state index is 12.4. The SMILES string of the molecule is CC(=O)N(CC(=O)Nc1ccc(C)c(C)c1)c1ccc2c(c1)OCCO2. The van der Waals surface area contributed by atoms with E-state index < -0.39 is 0 Å². The van der Waals surface area contributed by atoms with Gasteiger partial charge in [-0.15, -0.1) is 0 Å². The van der Waals surface area contributed by atoms with Crippen molar-refractivity contribution in [1.82, 2.24) is 0 Å². The Balaban J connectivity index is 1.75. The Morgan fingerprint density at radius 2 is 1.73 bits per heavy atom. The first-order valence-corrected chi connectivity index (χ1v) is 8.49. The lowest BCUT2D eigenvalue weighted by molar-refractivity contribution is -0.120. The maximum absolute atomic E-state index is 12.4. The number of nitrogens with zero attached hydrogens (tertiary/aromatic N) is 1. The van der Waals surface area contributed by atoms with Crippen LogP contribution in [0.2, 0.25) is 0 Å². The quantitative estimate of drug-likeness (QED) is 0.916. The van der Waals surface area contributed by atoms with E-state index >= 15 is 0 Å². The van der Waals surface area contributed by atoms with E-state index in [9.17, 15) is 9.59 Å². The van der Waals surface area contributed by atoms with Crippen LogP contribution >= 0.6 is 0 Å². The van der Waals surface area contributed by atoms with Crippen molar-refractivity contribution in [2.24, 2.45) is 0 Å². The Morgan fingerprint density at radius 3 is 2.42 bits per heavy atom. The van der Waals surface area contributed by atoms with Crippen LogP contribution in [0.5, 0.6) is 11.5 Å². The fourth-order valence-corrected chi connectivity index (χ4v) is 2.75. The molecular weight excluding hydrogens is 332 g/mol. The Kier molecular flexibility index (Phi) is 5.11. The average molecular weight is 354 g/mol. The fraction of sp³-hybridized carbons (Fsp3) is 0.300. The van der Waals surface area contributed by atoms with Crippen LogP contribution in [0.15, 0.2) is 36.4 Å². The molecule has 0 saturated carbocycles. The van der Waals surface area contributed by atoms with Crippen molar-refractivity contribution >= 4 is 23.2 Å². The van der Waals surface area contributed by atoms with E-state index in [4.69, 9.17) is 9.47 Å². The zero-order valence-corrected chi connectivity index (χ0v) is 15.2. The van der Waals surface area contributed by atoms with Gasteiger partial charge in [-0.25, -0.2) is 0 Å². The minimum atomic E-state index is -0.265. The van der Waals surface area contributed by atoms with Crippen LogP contribution in [-0.4, -0.2) is 31.6 Å². The summed E-state index contributed by atoms with van der Waals surface area (Å²) in [6.45, 7) is 6.31. The van der Waals surface area contributed by atoms with Gasteiger partial charge in [-0.2, -0.15) is 0 Å². The molecule has 26 heavy (non-hydrogen) atoms. The first-order chi connectivity index (χ1) is 12.4. The summed E-state index contributed by atoms with van der Waals surface area (Å²) < 4.78 is 11.0. The molecule has 2 aromatic carbocycles. The molecule has 0 aliphatic carbocycles. The number of ether oxygens (including phenoxy) is 2. The van der Waals surface area contributed by atoms with E-state index in [1.165, 1.54) is 11.8 Å². The minimum Gasteiger partial charge on any atom is -0.486 e. The molecule has 0 radical (unpaired) electrons. The summed E-state index contributed by atoms with van der Waals surface area (Å²) in [5, 5.41) is 2.84. The monoisotopic (exact) mass is 354 g/mol. The third-order valence-corrected chi connectivity index (χ3v) is 4.31. The summed E-state index contributed by atoms with van der Waals surface area (Å²) in [6.07, 6.45) is 0. The Morgan fingerprint density at radius 1 is 1.00 bits per heavy atom. The predicted octanol–water partition coefficient (Wildman–Crippen LogP) is 3.07. The minimum absolute atomic E-state index is 0.0814. The highest BCUT2D eigenvalue weighted by Crippen LogP contribution is 2.34. The van der Waals surface area contributed by atoms with E-state index in [0.29, 0.717) is 36.1 Å². The maximum Gasteiger partial charge on any atom is 0.244 e. The van der Waals surface area contributed by atoms with Gasteiger partial charge in [-0.05, 0) is 49.2 Å². The third-order valence-electron chi connectivity index (χ3n) is 4.31. The van der Waals surface area contributed by atoms with Crippen LogP contribution < -0.4 is 19.7 Å². The lowest BCUT2D eigenvalue weighted by atomic mass is 10.1. The second kappa shape index (κ2) is 7.47. The molecule has 1 aliphatic rings. The Labute approximate surface area is 152 Å². The van der Waals surface area contributed by atoms with Gasteiger partial charge < -0.3 is 19.7 Å². The molecule has 1 heterocycles. The van der Waals surface area contributed by atoms with Crippen molar-refractivity contribution in [3.63, 3.8) is 0 Å². The van der Waals surface area contributed by atoms with Gasteiger partial charge in [0, 0.05) is 24.4 Å². The summed E-state index contributed by atoms with van der Waals surface area (Å²) in [5.41, 5.74) is 3.56. The molecule has 0 unspecified atom stereocenters. The zero-order chi connectivity index (χ0) is 18.7. The highest BCUT2D eigenvalue weighted by atomic mass is 16.6. The van der Waals surface area contributed by atoms with Crippen LogP contribution in [-0.2, 0) is 9.59 Å². The molecule has 0 atom stereocenters. The summed E-state index contributed by atoms with van der Waals surface area (Å²) >= 11 is 0. The molecule has 3 rings (SSSR count). The molecule has 2 amide bonds. The number of hydrogen-bond donors (Lipinski definition) is 1. The summed E-state index contributed by atoms with van der Waals surface area (Å²) in [5.74, 6) is 0.730. The number of carbonyl (C=O) groups excluding carboxylic acids is 2. The Hall–Kier alpha value is -3.02. The molecule has 0 spiro atoms. The molecule has 1 N–H and O–H groups in total. The molecule has 136 valence electrons. The van der Waals surface area contributed by atoms with Crippen molar-refractivity contribution in [1.29, 1.82) is 0 Å². The first-order valence-electron chi connectivity index (χ1n) is 8.49. The molecule has 0 bridgehead atoms. The van der Waals surface area contributed by atoms with Gasteiger partial charge in [-0.3, -0.25) is 9.59 Å². The van der Waals surface area contributed by atoms with Crippen LogP contribution in [0.1, 0.15) is 18.1 Å². The van der Waals surface area contributed by atoms with Gasteiger partial charge in [0.1, 0.15) is 19.8 Å². The van der Waals surface area contributed by atoms with Gasteiger partial charge in [0.25, 0.3) is 0 Å². The molecule has 0 aromatic heterocycles. The van der Waals surface area contributed by atoms with Gasteiger partial charge in [0.2, 0.25) is 11.8 Å². The standard InChI is InChI=1S/C20H22N2O4/c1-13-4-5-16(10-14(13)2)21-20(24)12-22(15(3)23)17-6-7-18-19(11-17)26-9-8-25-18/h4-7,10-11H,8-9,12H2,1-3H3,(H,21,24). The number of hydrogen-bond acceptors (Lipinski definition) is 4. The average Bonchev–Trinajstić information content (AvgIpc) is 2.62. The smallest absolute Gasteiger partial charge is 0.244 e. The van der Waals surface area contributed by atoms with Gasteiger partial charge in [-0.1, -0.05) is 6.07 Å². The van der Waals surface area contributed by atoms with Gasteiger partial charge in [0.15, 0.2) is 11.5 Å². The summed E-state index contributed by atoms with van der Waals surface area (Å²) in [6, 6.07) is 10.9. The van der Waals surface area contributed by atoms with Gasteiger partial charge >= 0.3 is 0 Å². The lowest BCUT2D eigenvalue weighted by Crippen LogP contribution is -2.36. The lowest BCUT2D eigenvalue weighted by Gasteiger charge is -2.24. The molecule has 2 aromatic rings. The Bertz CT molecular complexity index is 848. The fourth-order valence-electron chi connectivity index (χ4n) is 2.75. The number of benzene rings is 2. The largest absolute Gasteiger partial charge is 0.486 e. The third kappa shape index (κ3) is 3.96. The van der Waals surface area contributed by atoms with Gasteiger partial charge in [0.05, 0.1) is 0 Å². The highest BCUT2D eigenvalue weighted by molar-refractivity contribution is 6.02. The second-order valence-corrected chi connectivity index (χ2v) is 6.28. The van der Waals surface area contributed by atoms with Crippen molar-refractivity contribution in [3.05, 3.63) is 47.5 Å². The number of amides is 2. The number of rotatable bonds is 4. The number of nitrogens with one attached hydrogen (secondary N) is 1. The predicted molar refractivity (Wildman–Crippen MR) is 100 cm³/mol. The van der Waals surface area contributed by atoms with Crippen molar-refractivity contribution in [2.75, 3.05) is 30.0 Å². The van der Waals surface area contributed by atoms with Crippen LogP contribution in [0.3, 0.4) is 0 Å². The van der Waals surface area contributed by atoms with Crippen molar-refractivity contribution in [3.8, 4) is 11.5 Å². The van der Waals surface area contributed by atoms with E-state index in [-0.39, 0.29) is 18.4 Å². The summed E-state index contributed by atoms with van der Waals surface area (Å²) in [7, 11) is 0. The van der Waals surface area contributed by atoms with Crippen LogP contribution in [0.25, 0.3) is 0 Å². The van der Waals surface area contributed by atoms with E-state index in [1.807, 2.05) is 32.0 Å². The van der Waals surface area contributed by atoms with E-state index in [1.54, 1.807) is 18.2 Å². The number of anilines is 2. The normalized spacial score (nSPS) is 12.4. The van der Waals surface area contributed by atoms with Crippen molar-refractivity contribution < 1.29 is 19.1 Å². The van der Waals surface area contributed by atoms with Crippen LogP contribution in [0, 0.1) is 13.8 Å². The number of aryl methyl sites for hydroxylation is 2. The first kappa shape index (κ1) is 17.8.